The average molecular weight is 191 g/mol. The molecule has 0 saturated heterocycles. The van der Waals surface area contributed by atoms with Crippen LogP contribution in [0.15, 0.2) is 0 Å². The van der Waals surface area contributed by atoms with Crippen molar-refractivity contribution in [1.29, 1.82) is 0 Å². The average Bonchev–Trinajstić information content (AvgIpc) is 1.87. The van der Waals surface area contributed by atoms with Gasteiger partial charge in [-0.25, -0.2) is 0 Å². The minimum absolute atomic E-state index is 0.172. The van der Waals surface area contributed by atoms with Crippen molar-refractivity contribution in [3.63, 3.8) is 0 Å². The van der Waals surface area contributed by atoms with Crippen molar-refractivity contribution in [3.05, 3.63) is 0 Å². The third-order valence-electron chi connectivity index (χ3n) is 0.960. The molecule has 0 rings (SSSR count). The van der Waals surface area contributed by atoms with Gasteiger partial charge in [0.1, 0.15) is 0 Å². The number of aliphatic hydroxyl groups excluding tert-OH is 1. The number of hydrogen-bond acceptors (Lipinski definition) is 1. The second-order valence-corrected chi connectivity index (χ2v) is 2.96. The van der Waals surface area contributed by atoms with Gasteiger partial charge in [-0.1, -0.05) is 0 Å². The molecule has 0 aliphatic heterocycles. The van der Waals surface area contributed by atoms with Gasteiger partial charge in [-0.3, -0.25) is 0 Å². The Morgan fingerprint density at radius 1 is 1.33 bits per heavy atom. The summed E-state index contributed by atoms with van der Waals surface area (Å²) in [5.41, 5.74) is 0. The largest absolute Gasteiger partial charge is 0.390 e. The highest BCUT2D eigenvalue weighted by Gasteiger charge is 2.13. The van der Waals surface area contributed by atoms with Crippen molar-refractivity contribution in [2.75, 3.05) is 11.8 Å². The zero-order valence-electron chi connectivity index (χ0n) is 4.86. The summed E-state index contributed by atoms with van der Waals surface area (Å²) < 4.78 is 0. The van der Waals surface area contributed by atoms with Gasteiger partial charge in [-0.2, -0.15) is 0 Å². The molecule has 9 heavy (non-hydrogen) atoms. The van der Waals surface area contributed by atoms with E-state index in [2.05, 4.69) is 0 Å². The summed E-state index contributed by atoms with van der Waals surface area (Å²) in [5, 5.41) is 8.63. The van der Waals surface area contributed by atoms with Crippen LogP contribution >= 0.6 is 34.8 Å². The van der Waals surface area contributed by atoms with Crippen molar-refractivity contribution < 1.29 is 5.11 Å². The molecule has 0 spiro atoms. The first-order chi connectivity index (χ1) is 4.22. The lowest BCUT2D eigenvalue weighted by atomic mass is 10.2. The quantitative estimate of drug-likeness (QED) is 0.672. The highest BCUT2D eigenvalue weighted by molar-refractivity contribution is 6.24. The predicted octanol–water partition coefficient (Wildman–Crippen LogP) is 1.82. The third kappa shape index (κ3) is 4.26. The standard InChI is InChI=1S/C5H9Cl3O/c6-2-1-4(8)5(9)3-7/h4-5,9H,1-3H2. The summed E-state index contributed by atoms with van der Waals surface area (Å²) in [5.74, 6) is 0.632. The number of hydrogen-bond donors (Lipinski definition) is 1. The topological polar surface area (TPSA) is 20.2 Å². The van der Waals surface area contributed by atoms with Gasteiger partial charge in [0, 0.05) is 11.8 Å². The summed E-state index contributed by atoms with van der Waals surface area (Å²) in [6.45, 7) is 0. The highest BCUT2D eigenvalue weighted by atomic mass is 35.5. The molecule has 2 atom stereocenters. The molecule has 56 valence electrons. The fourth-order valence-corrected chi connectivity index (χ4v) is 1.24. The van der Waals surface area contributed by atoms with E-state index in [0.717, 1.165) is 0 Å². The molecule has 4 heteroatoms. The Balaban J connectivity index is 3.32. The molecular formula is C5H9Cl3O. The maximum atomic E-state index is 8.94. The number of halogens is 3. The van der Waals surface area contributed by atoms with Crippen LogP contribution in [0.3, 0.4) is 0 Å². The van der Waals surface area contributed by atoms with E-state index in [-0.39, 0.29) is 11.3 Å². The van der Waals surface area contributed by atoms with Gasteiger partial charge < -0.3 is 5.11 Å². The Kier molecular flexibility index (Phi) is 6.12. The van der Waals surface area contributed by atoms with Crippen LogP contribution in [0.2, 0.25) is 0 Å². The van der Waals surface area contributed by atoms with Crippen LogP contribution in [-0.4, -0.2) is 28.3 Å². The van der Waals surface area contributed by atoms with Crippen LogP contribution in [0.1, 0.15) is 6.42 Å². The van der Waals surface area contributed by atoms with E-state index in [1.165, 1.54) is 0 Å². The van der Waals surface area contributed by atoms with Crippen LogP contribution in [0, 0.1) is 0 Å². The molecular weight excluding hydrogens is 182 g/mol. The Morgan fingerprint density at radius 2 is 1.89 bits per heavy atom. The first-order valence-corrected chi connectivity index (χ1v) is 4.17. The van der Waals surface area contributed by atoms with E-state index >= 15 is 0 Å². The molecule has 0 aliphatic rings. The van der Waals surface area contributed by atoms with Crippen molar-refractivity contribution in [2.45, 2.75) is 17.9 Å². The van der Waals surface area contributed by atoms with E-state index < -0.39 is 6.10 Å². The lowest BCUT2D eigenvalue weighted by molar-refractivity contribution is 0.191. The molecule has 0 aromatic carbocycles. The number of aliphatic hydroxyl groups is 1. The van der Waals surface area contributed by atoms with Gasteiger partial charge in [-0.05, 0) is 6.42 Å². The van der Waals surface area contributed by atoms with Crippen LogP contribution < -0.4 is 0 Å². The van der Waals surface area contributed by atoms with Gasteiger partial charge >= 0.3 is 0 Å². The molecule has 0 radical (unpaired) electrons. The lowest BCUT2D eigenvalue weighted by Crippen LogP contribution is -2.22. The molecule has 0 bridgehead atoms. The first kappa shape index (κ1) is 9.83. The second-order valence-electron chi connectivity index (χ2n) is 1.72. The van der Waals surface area contributed by atoms with Crippen molar-refractivity contribution in [2.24, 2.45) is 0 Å². The van der Waals surface area contributed by atoms with Crippen LogP contribution in [-0.2, 0) is 0 Å². The fourth-order valence-electron chi connectivity index (χ4n) is 0.393. The van der Waals surface area contributed by atoms with Crippen molar-refractivity contribution >= 4 is 34.8 Å². The van der Waals surface area contributed by atoms with E-state index in [9.17, 15) is 0 Å². The molecule has 0 aromatic heterocycles. The zero-order valence-corrected chi connectivity index (χ0v) is 7.12. The fraction of sp³-hybridized carbons (Fsp3) is 1.00. The monoisotopic (exact) mass is 190 g/mol. The Morgan fingerprint density at radius 3 is 2.22 bits per heavy atom. The molecule has 0 fully saturated rings. The minimum atomic E-state index is -0.632. The normalized spacial score (nSPS) is 17.3. The SMILES string of the molecule is OC(CCl)C(Cl)CCCl. The molecule has 1 nitrogen and oxygen atoms in total. The minimum Gasteiger partial charge on any atom is -0.390 e. The smallest absolute Gasteiger partial charge is 0.0839 e. The Hall–Kier alpha value is 0.830. The molecule has 2 unspecified atom stereocenters. The molecule has 1 N–H and O–H groups in total. The van der Waals surface area contributed by atoms with Gasteiger partial charge in [0.25, 0.3) is 0 Å². The summed E-state index contributed by atoms with van der Waals surface area (Å²) in [7, 11) is 0. The second kappa shape index (κ2) is 5.60. The number of alkyl halides is 3. The van der Waals surface area contributed by atoms with Crippen molar-refractivity contribution in [3.8, 4) is 0 Å². The van der Waals surface area contributed by atoms with E-state index in [4.69, 9.17) is 39.9 Å². The van der Waals surface area contributed by atoms with Crippen molar-refractivity contribution in [1.82, 2.24) is 0 Å². The Bertz CT molecular complexity index is 69.2. The zero-order chi connectivity index (χ0) is 7.28. The molecule has 0 heterocycles. The first-order valence-electron chi connectivity index (χ1n) is 2.66. The molecule has 0 aromatic rings. The number of rotatable bonds is 4. The van der Waals surface area contributed by atoms with Gasteiger partial charge in [0.2, 0.25) is 0 Å². The maximum absolute atomic E-state index is 8.94. The maximum Gasteiger partial charge on any atom is 0.0839 e. The summed E-state index contributed by atoms with van der Waals surface area (Å²) in [4.78, 5) is 0. The molecule has 0 saturated carbocycles. The summed E-state index contributed by atoms with van der Waals surface area (Å²) in [6, 6.07) is 0. The Labute approximate surface area is 69.9 Å². The van der Waals surface area contributed by atoms with Crippen LogP contribution in [0.25, 0.3) is 0 Å². The predicted molar refractivity (Wildman–Crippen MR) is 41.7 cm³/mol. The molecule has 0 amide bonds. The molecule has 0 aliphatic carbocycles. The van der Waals surface area contributed by atoms with Gasteiger partial charge in [0.15, 0.2) is 0 Å². The summed E-state index contributed by atoms with van der Waals surface area (Å²) >= 11 is 16.3. The van der Waals surface area contributed by atoms with E-state index in [1.807, 2.05) is 0 Å². The third-order valence-corrected chi connectivity index (χ3v) is 2.00. The van der Waals surface area contributed by atoms with E-state index in [0.29, 0.717) is 12.3 Å². The highest BCUT2D eigenvalue weighted by Crippen LogP contribution is 2.09. The lowest BCUT2D eigenvalue weighted by Gasteiger charge is -2.11. The van der Waals surface area contributed by atoms with Gasteiger partial charge in [-0.15, -0.1) is 34.8 Å². The van der Waals surface area contributed by atoms with E-state index in [1.54, 1.807) is 0 Å². The van der Waals surface area contributed by atoms with Crippen LogP contribution in [0.4, 0.5) is 0 Å². The van der Waals surface area contributed by atoms with Gasteiger partial charge in [0.05, 0.1) is 11.5 Å². The summed E-state index contributed by atoms with van der Waals surface area (Å²) in [6.07, 6.45) is -0.0381. The van der Waals surface area contributed by atoms with Crippen LogP contribution in [0.5, 0.6) is 0 Å².